The fourth-order valence-electron chi connectivity index (χ4n) is 5.69. The summed E-state index contributed by atoms with van der Waals surface area (Å²) in [5.41, 5.74) is 0. The summed E-state index contributed by atoms with van der Waals surface area (Å²) in [7, 11) is -12.0. The van der Waals surface area contributed by atoms with Crippen LogP contribution >= 0.6 is 58.0 Å². The van der Waals surface area contributed by atoms with Crippen molar-refractivity contribution < 1.29 is 69.4 Å². The van der Waals surface area contributed by atoms with Crippen molar-refractivity contribution in [3.63, 3.8) is 0 Å². The van der Waals surface area contributed by atoms with E-state index >= 15 is 0 Å². The predicted molar refractivity (Wildman–Crippen MR) is 315 cm³/mol. The number of rotatable bonds is 24. The second-order valence-corrected chi connectivity index (χ2v) is 23.2. The number of carbonyl (C=O) groups is 3. The molecule has 3 heterocycles. The normalized spacial score (nSPS) is 13.8. The molecule has 0 bridgehead atoms. The average Bonchev–Trinajstić information content (AvgIpc) is 3.34. The van der Waals surface area contributed by atoms with Gasteiger partial charge in [-0.15, -0.1) is 0 Å². The molecule has 444 valence electrons. The maximum Gasteiger partial charge on any atom is 0.513 e. The molecule has 6 atom stereocenters. The van der Waals surface area contributed by atoms with Gasteiger partial charge in [0, 0.05) is 36.8 Å². The summed E-state index contributed by atoms with van der Waals surface area (Å²) in [5, 5.41) is 8.66. The number of benzene rings is 3. The highest BCUT2D eigenvalue weighted by atomic mass is 35.5. The number of nitrogens with one attached hydrogen (secondary N) is 3. The first-order valence-electron chi connectivity index (χ1n) is 23.7. The Morgan fingerprint density at radius 3 is 0.778 bits per heavy atom. The number of esters is 3. The second-order valence-electron chi connectivity index (χ2n) is 17.0. The van der Waals surface area contributed by atoms with Crippen molar-refractivity contribution in [1.82, 2.24) is 30.2 Å². The van der Waals surface area contributed by atoms with Gasteiger partial charge in [-0.25, -0.2) is 13.7 Å². The molecule has 3 aromatic heterocycles. The van der Waals surface area contributed by atoms with Crippen LogP contribution in [0.5, 0.6) is 34.5 Å². The molecule has 0 amide bonds. The molecular weight excluding hydrogens is 1170 g/mol. The van der Waals surface area contributed by atoms with Gasteiger partial charge >= 0.3 is 41.1 Å². The minimum Gasteiger partial charge on any atom is -0.462 e. The van der Waals surface area contributed by atoms with Gasteiger partial charge < -0.3 is 41.4 Å². The number of ether oxygens (including phenoxy) is 3. The lowest BCUT2D eigenvalue weighted by atomic mass is 10.3. The summed E-state index contributed by atoms with van der Waals surface area (Å²) in [6, 6.07) is 26.9. The number of halogens is 3. The first-order chi connectivity index (χ1) is 36.8. The molecule has 27 heteroatoms. The topological polar surface area (TPSA) is 260 Å². The molecule has 6 aromatic rings. The zero-order chi connectivity index (χ0) is 57.5. The Morgan fingerprint density at radius 2 is 0.580 bits per heavy atom. The van der Waals surface area contributed by atoms with Crippen LogP contribution in [-0.4, -0.2) is 69.3 Å². The highest BCUT2D eigenvalue weighted by Crippen LogP contribution is 2.48. The van der Waals surface area contributed by atoms with Gasteiger partial charge in [0.15, 0.2) is 17.2 Å². The number of hydrogen-bond donors (Lipinski definition) is 3. The third-order valence-corrected chi connectivity index (χ3v) is 14.2. The molecule has 0 fully saturated rings. The summed E-state index contributed by atoms with van der Waals surface area (Å²) < 4.78 is 88.0. The van der Waals surface area contributed by atoms with Gasteiger partial charge in [0.1, 0.15) is 35.4 Å². The molecule has 21 nitrogen and oxygen atoms in total. The van der Waals surface area contributed by atoms with Crippen molar-refractivity contribution in [3.8, 4) is 34.5 Å². The van der Waals surface area contributed by atoms with Gasteiger partial charge in [0.25, 0.3) is 0 Å². The quantitative estimate of drug-likeness (QED) is 0.0289. The van der Waals surface area contributed by atoms with E-state index in [4.69, 9.17) is 76.2 Å². The molecule has 81 heavy (non-hydrogen) atoms. The van der Waals surface area contributed by atoms with Crippen LogP contribution in [0.1, 0.15) is 84.6 Å². The van der Waals surface area contributed by atoms with Crippen LogP contribution in [0.4, 0.5) is 0 Å². The monoisotopic (exact) mass is 1240 g/mol. The van der Waals surface area contributed by atoms with Crippen molar-refractivity contribution >= 4 is 76.0 Å². The number of hydrogen-bond acceptors (Lipinski definition) is 18. The van der Waals surface area contributed by atoms with Crippen LogP contribution in [0.15, 0.2) is 146 Å². The van der Waals surface area contributed by atoms with Crippen LogP contribution in [0, 0.1) is 0 Å². The highest BCUT2D eigenvalue weighted by Gasteiger charge is 2.37. The Labute approximate surface area is 490 Å². The number of para-hydroxylation sites is 3. The summed E-state index contributed by atoms with van der Waals surface area (Å²) >= 11 is 17.6. The smallest absolute Gasteiger partial charge is 0.462 e. The molecule has 6 rings (SSSR count). The van der Waals surface area contributed by atoms with Crippen molar-refractivity contribution in [2.24, 2.45) is 0 Å². The molecule has 0 aliphatic heterocycles. The van der Waals surface area contributed by atoms with E-state index in [2.05, 4.69) is 30.2 Å². The molecule has 0 aliphatic rings. The lowest BCUT2D eigenvalue weighted by Gasteiger charge is -2.23. The molecule has 3 aromatic carbocycles. The zero-order valence-electron chi connectivity index (χ0n) is 43.8. The second kappa shape index (κ2) is 35.6. The zero-order valence-corrected chi connectivity index (χ0v) is 48.7. The average molecular weight is 1240 g/mol. The maximum absolute atomic E-state index is 13.2. The third-order valence-electron chi connectivity index (χ3n) is 8.79. The molecule has 1 unspecified atom stereocenters. The number of aromatic nitrogens is 3. The van der Waals surface area contributed by atoms with Gasteiger partial charge in [-0.1, -0.05) is 112 Å². The molecule has 3 N–H and O–H groups in total. The Balaban J connectivity index is 0.000000596. The lowest BCUT2D eigenvalue weighted by molar-refractivity contribution is -0.149. The van der Waals surface area contributed by atoms with E-state index in [1.807, 2.05) is 0 Å². The van der Waals surface area contributed by atoms with Gasteiger partial charge in [0.2, 0.25) is 0 Å². The Bertz CT molecular complexity index is 2680. The first kappa shape index (κ1) is 72.8. The van der Waals surface area contributed by atoms with E-state index < -0.39 is 59.3 Å². The highest BCUT2D eigenvalue weighted by molar-refractivity contribution is 7.53. The molecular formula is C54H72Cl3N6O15P3. The van der Waals surface area contributed by atoms with Crippen LogP contribution in [0.3, 0.4) is 0 Å². The molecule has 0 spiro atoms. The number of pyridine rings is 3. The van der Waals surface area contributed by atoms with Crippen molar-refractivity contribution in [2.45, 2.75) is 121 Å². The lowest BCUT2D eigenvalue weighted by Crippen LogP contribution is -2.36. The van der Waals surface area contributed by atoms with Crippen LogP contribution in [-0.2, 0) is 42.3 Å². The minimum atomic E-state index is -3.99. The van der Waals surface area contributed by atoms with E-state index in [1.54, 1.807) is 133 Å². The van der Waals surface area contributed by atoms with Gasteiger partial charge in [0.05, 0.1) is 52.0 Å². The molecule has 0 aliphatic carbocycles. The van der Waals surface area contributed by atoms with Gasteiger partial charge in [-0.3, -0.25) is 29.3 Å². The van der Waals surface area contributed by atoms with Crippen LogP contribution in [0.25, 0.3) is 0 Å². The van der Waals surface area contributed by atoms with Crippen LogP contribution < -0.4 is 42.4 Å². The van der Waals surface area contributed by atoms with E-state index in [0.717, 1.165) is 0 Å². The Morgan fingerprint density at radius 1 is 0.370 bits per heavy atom. The summed E-state index contributed by atoms with van der Waals surface area (Å²) in [5.74, 6) is -0.413. The van der Waals surface area contributed by atoms with E-state index in [9.17, 15) is 28.1 Å². The first-order valence-corrected chi connectivity index (χ1v) is 29.5. The largest absolute Gasteiger partial charge is 0.513 e. The predicted octanol–water partition coefficient (Wildman–Crippen LogP) is 14.6. The summed E-state index contributed by atoms with van der Waals surface area (Å²) in [6.07, 6.45) is 7.33. The Kier molecular flexibility index (Phi) is 32.0. The van der Waals surface area contributed by atoms with Gasteiger partial charge in [-0.2, -0.15) is 15.3 Å². The third kappa shape index (κ3) is 27.9. The fraction of sp³-hybridized carbons (Fsp3) is 0.333. The molecule has 0 radical (unpaired) electrons. The Hall–Kier alpha value is -6.24. The summed E-state index contributed by atoms with van der Waals surface area (Å²) in [4.78, 5) is 47.7. The minimum absolute atomic E-state index is 0. The van der Waals surface area contributed by atoms with Crippen molar-refractivity contribution in [1.29, 1.82) is 0 Å². The van der Waals surface area contributed by atoms with E-state index in [0.29, 0.717) is 32.3 Å². The van der Waals surface area contributed by atoms with Crippen molar-refractivity contribution in [3.05, 3.63) is 161 Å². The standard InChI is InChI=1S/3C17H20ClN2O5P.3CH4/c3*1-12(2)23-17(21)13(3)20-26(22,24-15-7-5-4-6-8-15)25-16-9-14(18)10-19-11-16;;;/h3*4-13H,1-3H3,(H,20,22);3*1H4/t13-,26?;13-,26+;13-,26-;;;/m111.../s1. The van der Waals surface area contributed by atoms with E-state index in [-0.39, 0.29) is 57.8 Å². The van der Waals surface area contributed by atoms with Gasteiger partial charge in [-0.05, 0) is 98.7 Å². The maximum atomic E-state index is 13.2. The fourth-order valence-corrected chi connectivity index (χ4v) is 10.7. The SMILES string of the molecule is C.C.C.CC(C)OC(=O)[C@@H](C)NP(=O)(Oc1ccccc1)Oc1cncc(Cl)c1.CC(C)OC(=O)[C@@H](C)N[P@@](=O)(Oc1ccccc1)Oc1cncc(Cl)c1.CC(C)OC(=O)[C@@H](C)N[P@](=O)(Oc1ccccc1)Oc1cncc(Cl)c1. The van der Waals surface area contributed by atoms with Crippen LogP contribution in [0.2, 0.25) is 15.1 Å². The molecule has 0 saturated carbocycles. The van der Waals surface area contributed by atoms with E-state index in [1.165, 1.54) is 76.2 Å². The number of carbonyl (C=O) groups excluding carboxylic acids is 3. The van der Waals surface area contributed by atoms with Crippen molar-refractivity contribution in [2.75, 3.05) is 0 Å². The summed E-state index contributed by atoms with van der Waals surface area (Å²) in [6.45, 7) is 14.8. The number of nitrogens with zero attached hydrogens (tertiary/aromatic N) is 3. The molecule has 0 saturated heterocycles.